The van der Waals surface area contributed by atoms with Gasteiger partial charge in [0.25, 0.3) is 10.0 Å². The topological polar surface area (TPSA) is 86.8 Å². The summed E-state index contributed by atoms with van der Waals surface area (Å²) in [5.41, 5.74) is -0.217. The second kappa shape index (κ2) is 12.0. The van der Waals surface area contributed by atoms with E-state index in [1.807, 2.05) is 0 Å². The van der Waals surface area contributed by atoms with E-state index in [1.54, 1.807) is 57.2 Å². The molecule has 7 nitrogen and oxygen atoms in total. The second-order valence-corrected chi connectivity index (χ2v) is 12.1. The molecule has 10 heteroatoms. The van der Waals surface area contributed by atoms with Gasteiger partial charge < -0.3 is 10.2 Å². The Morgan fingerprint density at radius 3 is 2.21 bits per heavy atom. The number of sulfonamides is 1. The highest BCUT2D eigenvalue weighted by molar-refractivity contribution is 7.92. The maximum Gasteiger partial charge on any atom is 0.264 e. The van der Waals surface area contributed by atoms with Gasteiger partial charge in [-0.2, -0.15) is 0 Å². The molecular weight excluding hydrogens is 529 g/mol. The summed E-state index contributed by atoms with van der Waals surface area (Å²) in [5.74, 6) is -1.69. The van der Waals surface area contributed by atoms with Crippen molar-refractivity contribution in [2.24, 2.45) is 0 Å². The Labute approximate surface area is 228 Å². The molecule has 1 atom stereocenters. The minimum absolute atomic E-state index is 0.0213. The summed E-state index contributed by atoms with van der Waals surface area (Å²) in [5, 5.41) is 3.11. The van der Waals surface area contributed by atoms with E-state index in [-0.39, 0.29) is 27.7 Å². The van der Waals surface area contributed by atoms with Crippen LogP contribution in [0.5, 0.6) is 0 Å². The summed E-state index contributed by atoms with van der Waals surface area (Å²) in [6.45, 7) is 6.04. The molecule has 0 aromatic heterocycles. The highest BCUT2D eigenvalue weighted by atomic mass is 35.5. The Hall–Kier alpha value is -3.43. The van der Waals surface area contributed by atoms with Gasteiger partial charge in [-0.15, -0.1) is 0 Å². The van der Waals surface area contributed by atoms with Gasteiger partial charge in [0.1, 0.15) is 18.4 Å². The van der Waals surface area contributed by atoms with Crippen LogP contribution in [0.15, 0.2) is 83.8 Å². The lowest BCUT2D eigenvalue weighted by atomic mass is 10.1. The molecule has 38 heavy (non-hydrogen) atoms. The highest BCUT2D eigenvalue weighted by Crippen LogP contribution is 2.27. The zero-order chi connectivity index (χ0) is 28.1. The summed E-state index contributed by atoms with van der Waals surface area (Å²) in [4.78, 5) is 28.0. The first-order valence-corrected chi connectivity index (χ1v) is 13.8. The van der Waals surface area contributed by atoms with E-state index in [9.17, 15) is 22.4 Å². The summed E-state index contributed by atoms with van der Waals surface area (Å²) >= 11 is 6.15. The third-order valence-electron chi connectivity index (χ3n) is 5.67. The molecule has 0 aliphatic heterocycles. The van der Waals surface area contributed by atoms with E-state index in [0.29, 0.717) is 0 Å². The number of carbonyl (C=O) groups excluding carboxylic acids is 2. The largest absolute Gasteiger partial charge is 0.350 e. The van der Waals surface area contributed by atoms with Gasteiger partial charge in [-0.05, 0) is 64.1 Å². The number of nitrogens with one attached hydrogen (secondary N) is 1. The van der Waals surface area contributed by atoms with Gasteiger partial charge in [0.15, 0.2) is 0 Å². The van der Waals surface area contributed by atoms with Crippen LogP contribution in [0.25, 0.3) is 0 Å². The van der Waals surface area contributed by atoms with Crippen molar-refractivity contribution in [1.82, 2.24) is 10.2 Å². The molecule has 2 amide bonds. The maximum absolute atomic E-state index is 14.6. The normalized spacial score (nSPS) is 12.5. The number of hydrogen-bond acceptors (Lipinski definition) is 4. The molecule has 3 aromatic rings. The van der Waals surface area contributed by atoms with Gasteiger partial charge in [-0.25, -0.2) is 12.8 Å². The van der Waals surface area contributed by atoms with E-state index in [2.05, 4.69) is 5.32 Å². The lowest BCUT2D eigenvalue weighted by Crippen LogP contribution is -2.54. The van der Waals surface area contributed by atoms with Crippen molar-refractivity contribution in [2.75, 3.05) is 10.8 Å². The summed E-state index contributed by atoms with van der Waals surface area (Å²) in [6, 6.07) is 18.7. The van der Waals surface area contributed by atoms with Crippen LogP contribution in [0.3, 0.4) is 0 Å². The van der Waals surface area contributed by atoms with Crippen molar-refractivity contribution in [1.29, 1.82) is 0 Å². The molecule has 0 aliphatic rings. The van der Waals surface area contributed by atoms with Crippen molar-refractivity contribution in [3.63, 3.8) is 0 Å². The fraction of sp³-hybridized carbons (Fsp3) is 0.286. The fourth-order valence-corrected chi connectivity index (χ4v) is 5.36. The lowest BCUT2D eigenvalue weighted by Gasteiger charge is -2.33. The predicted octanol–water partition coefficient (Wildman–Crippen LogP) is 5.01. The van der Waals surface area contributed by atoms with E-state index >= 15 is 0 Å². The van der Waals surface area contributed by atoms with Gasteiger partial charge in [-0.1, -0.05) is 54.1 Å². The van der Waals surface area contributed by atoms with Crippen LogP contribution in [0.1, 0.15) is 33.3 Å². The summed E-state index contributed by atoms with van der Waals surface area (Å²) in [6.07, 6.45) is 0. The van der Waals surface area contributed by atoms with Crippen LogP contribution in [0.4, 0.5) is 10.1 Å². The van der Waals surface area contributed by atoms with Crippen LogP contribution >= 0.6 is 11.6 Å². The van der Waals surface area contributed by atoms with E-state index in [0.717, 1.165) is 4.31 Å². The average Bonchev–Trinajstić information content (AvgIpc) is 2.85. The summed E-state index contributed by atoms with van der Waals surface area (Å²) in [7, 11) is -4.20. The maximum atomic E-state index is 14.6. The van der Waals surface area contributed by atoms with Crippen LogP contribution in [0.2, 0.25) is 5.02 Å². The lowest BCUT2D eigenvalue weighted by molar-refractivity contribution is -0.140. The van der Waals surface area contributed by atoms with Crippen molar-refractivity contribution in [3.05, 3.63) is 95.3 Å². The molecule has 0 saturated carbocycles. The van der Waals surface area contributed by atoms with Crippen LogP contribution < -0.4 is 9.62 Å². The molecular formula is C28H31ClFN3O4S. The number of benzene rings is 3. The zero-order valence-electron chi connectivity index (χ0n) is 21.7. The predicted molar refractivity (Wildman–Crippen MR) is 147 cm³/mol. The van der Waals surface area contributed by atoms with Gasteiger partial charge >= 0.3 is 0 Å². The minimum Gasteiger partial charge on any atom is -0.350 e. The first-order chi connectivity index (χ1) is 17.8. The Kier molecular flexibility index (Phi) is 9.17. The van der Waals surface area contributed by atoms with Crippen LogP contribution in [-0.4, -0.2) is 43.3 Å². The quantitative estimate of drug-likeness (QED) is 0.399. The van der Waals surface area contributed by atoms with Crippen molar-refractivity contribution < 1.29 is 22.4 Å². The molecule has 3 rings (SSSR count). The number of amides is 2. The monoisotopic (exact) mass is 559 g/mol. The third-order valence-corrected chi connectivity index (χ3v) is 7.69. The number of nitrogens with zero attached hydrogens (tertiary/aromatic N) is 2. The molecule has 0 radical (unpaired) electrons. The van der Waals surface area contributed by atoms with E-state index in [4.69, 9.17) is 11.6 Å². The SMILES string of the molecule is C[C@@H](C(=O)NC(C)(C)C)N(Cc1ccccc1F)C(=O)CN(c1cccc(Cl)c1)S(=O)(=O)c1ccccc1. The third kappa shape index (κ3) is 7.33. The Balaban J connectivity index is 2.04. The summed E-state index contributed by atoms with van der Waals surface area (Å²) < 4.78 is 42.9. The van der Waals surface area contributed by atoms with Gasteiger partial charge in [0, 0.05) is 22.7 Å². The second-order valence-electron chi connectivity index (χ2n) is 9.83. The highest BCUT2D eigenvalue weighted by Gasteiger charge is 2.33. The van der Waals surface area contributed by atoms with Gasteiger partial charge in [0.2, 0.25) is 11.8 Å². The molecule has 0 bridgehead atoms. The molecule has 0 fully saturated rings. The molecule has 0 spiro atoms. The molecule has 3 aromatic carbocycles. The van der Waals surface area contributed by atoms with E-state index in [1.165, 1.54) is 54.3 Å². The van der Waals surface area contributed by atoms with Crippen molar-refractivity contribution in [3.8, 4) is 0 Å². The van der Waals surface area contributed by atoms with Crippen molar-refractivity contribution >= 4 is 39.1 Å². The molecule has 0 heterocycles. The number of carbonyl (C=O) groups is 2. The van der Waals surface area contributed by atoms with Crippen molar-refractivity contribution in [2.45, 2.75) is 50.7 Å². The number of hydrogen-bond donors (Lipinski definition) is 1. The molecule has 202 valence electrons. The number of anilines is 1. The zero-order valence-corrected chi connectivity index (χ0v) is 23.3. The van der Waals surface area contributed by atoms with Crippen LogP contribution in [0, 0.1) is 5.82 Å². The molecule has 1 N–H and O–H groups in total. The van der Waals surface area contributed by atoms with Gasteiger partial charge in [-0.3, -0.25) is 13.9 Å². The number of halogens is 2. The first kappa shape index (κ1) is 29.1. The molecule has 0 saturated heterocycles. The Morgan fingerprint density at radius 2 is 1.61 bits per heavy atom. The standard InChI is InChI=1S/C28H31ClFN3O4S/c1-20(27(35)31-28(2,3)4)32(18-21-11-8-9-16-25(21)30)26(34)19-33(23-13-10-12-22(29)17-23)38(36,37)24-14-6-5-7-15-24/h5-17,20H,18-19H2,1-4H3,(H,31,35)/t20-/m0/s1. The fourth-order valence-electron chi connectivity index (χ4n) is 3.75. The average molecular weight is 560 g/mol. The first-order valence-electron chi connectivity index (χ1n) is 12.0. The van der Waals surface area contributed by atoms with Gasteiger partial charge in [0.05, 0.1) is 10.6 Å². The molecule has 0 aliphatic carbocycles. The van der Waals surface area contributed by atoms with Crippen LogP contribution in [-0.2, 0) is 26.2 Å². The Morgan fingerprint density at radius 1 is 0.974 bits per heavy atom. The molecule has 0 unspecified atom stereocenters. The van der Waals surface area contributed by atoms with E-state index < -0.39 is 45.8 Å². The minimum atomic E-state index is -4.20. The number of rotatable bonds is 9. The Bertz CT molecular complexity index is 1390. The smallest absolute Gasteiger partial charge is 0.264 e.